The molecule has 2 rings (SSSR count). The Morgan fingerprint density at radius 3 is 2.31 bits per heavy atom. The van der Waals surface area contributed by atoms with Crippen molar-refractivity contribution in [2.45, 2.75) is 57.5 Å². The van der Waals surface area contributed by atoms with Gasteiger partial charge in [-0.25, -0.2) is 4.79 Å². The molecule has 6 atom stereocenters. The number of hydrogen-bond donors (Lipinski definition) is 4. The summed E-state index contributed by atoms with van der Waals surface area (Å²) in [6, 6.07) is 5.19. The summed E-state index contributed by atoms with van der Waals surface area (Å²) in [5.74, 6) is -1.12. The van der Waals surface area contributed by atoms with E-state index >= 15 is 0 Å². The van der Waals surface area contributed by atoms with Crippen LogP contribution in [0.5, 0.6) is 5.75 Å². The largest absolute Gasteiger partial charge is 1.00 e. The predicted octanol–water partition coefficient (Wildman–Crippen LogP) is -4.64. The van der Waals surface area contributed by atoms with E-state index in [0.717, 1.165) is 11.1 Å². The number of para-hydroxylation sites is 1. The third-order valence-electron chi connectivity index (χ3n) is 4.28. The minimum atomic E-state index is -1.96. The van der Waals surface area contributed by atoms with E-state index in [1.165, 1.54) is 0 Å². The first kappa shape index (κ1) is 25.6. The topological polar surface area (TPSA) is 158 Å². The van der Waals surface area contributed by atoms with Gasteiger partial charge in [-0.05, 0) is 31.9 Å². The third kappa shape index (κ3) is 6.54. The van der Waals surface area contributed by atoms with Crippen molar-refractivity contribution in [2.24, 2.45) is 0 Å². The number of rotatable bonds is 6. The summed E-state index contributed by atoms with van der Waals surface area (Å²) in [5.41, 5.74) is 1.88. The number of aliphatic hydroxyl groups is 3. The Morgan fingerprint density at radius 1 is 1.17 bits per heavy atom. The van der Waals surface area contributed by atoms with Crippen LogP contribution in [0.2, 0.25) is 0 Å². The summed E-state index contributed by atoms with van der Waals surface area (Å²) in [6.45, 7) is 5.56. The molecule has 1 unspecified atom stereocenters. The molecule has 1 fully saturated rings. The second-order valence-electron chi connectivity index (χ2n) is 6.70. The summed E-state index contributed by atoms with van der Waals surface area (Å²) in [5, 5.41) is 42.5. The smallest absolute Gasteiger partial charge is 0.547 e. The normalized spacial score (nSPS) is 27.3. The number of aryl methyl sites for hydroxylation is 2. The van der Waals surface area contributed by atoms with Gasteiger partial charge in [0.15, 0.2) is 0 Å². The van der Waals surface area contributed by atoms with E-state index in [0.29, 0.717) is 5.75 Å². The van der Waals surface area contributed by atoms with Gasteiger partial charge in [0.25, 0.3) is 0 Å². The number of carbonyl (C=O) groups excluding carboxylic acids is 2. The van der Waals surface area contributed by atoms with Gasteiger partial charge in [0.05, 0.1) is 12.0 Å². The quantitative estimate of drug-likeness (QED) is 0.332. The van der Waals surface area contributed by atoms with Crippen LogP contribution in [0.4, 0.5) is 4.79 Å². The number of carboxylic acid groups (broad SMARTS) is 1. The fourth-order valence-electron chi connectivity index (χ4n) is 2.76. The summed E-state index contributed by atoms with van der Waals surface area (Å²) in [6.07, 6.45) is -10.4. The van der Waals surface area contributed by atoms with Gasteiger partial charge < -0.3 is 44.7 Å². The van der Waals surface area contributed by atoms with Gasteiger partial charge in [0, 0.05) is 0 Å². The molecule has 1 aliphatic heterocycles. The number of alkyl carbamates (subject to hydrolysis) is 1. The van der Waals surface area contributed by atoms with Crippen molar-refractivity contribution < 1.29 is 73.8 Å². The average molecular weight is 421 g/mol. The average Bonchev–Trinajstić information content (AvgIpc) is 2.61. The zero-order valence-corrected chi connectivity index (χ0v) is 18.7. The maximum Gasteiger partial charge on any atom is 1.00 e. The molecule has 4 N–H and O–H groups in total. The number of nitrogens with one attached hydrogen (secondary N) is 1. The van der Waals surface area contributed by atoms with Crippen molar-refractivity contribution in [3.8, 4) is 5.75 Å². The Morgan fingerprint density at radius 2 is 1.76 bits per heavy atom. The Bertz CT molecular complexity index is 696. The number of benzene rings is 1. The van der Waals surface area contributed by atoms with Crippen LogP contribution in [0, 0.1) is 13.8 Å². The first-order chi connectivity index (χ1) is 13.1. The van der Waals surface area contributed by atoms with Crippen molar-refractivity contribution in [2.75, 3.05) is 6.61 Å². The SMILES string of the molecule is Cc1cccc(C)c1OCC(C)NC(=O)O[C@@H]1O[C@H](C(=O)[O-])[C@@H](O)[C@H](O)[C@H]1O.[Na+]. The Hall–Kier alpha value is -1.40. The van der Waals surface area contributed by atoms with E-state index in [1.54, 1.807) is 6.92 Å². The van der Waals surface area contributed by atoms with Gasteiger partial charge in [0.2, 0.25) is 6.29 Å². The molecule has 11 heteroatoms. The van der Waals surface area contributed by atoms with Crippen LogP contribution in [0.25, 0.3) is 0 Å². The maximum atomic E-state index is 12.0. The molecule has 156 valence electrons. The number of carbonyl (C=O) groups is 2. The van der Waals surface area contributed by atoms with Crippen molar-refractivity contribution >= 4 is 12.1 Å². The van der Waals surface area contributed by atoms with Gasteiger partial charge in [-0.1, -0.05) is 18.2 Å². The van der Waals surface area contributed by atoms with Crippen LogP contribution >= 0.6 is 0 Å². The number of carboxylic acids is 1. The molecule has 1 aromatic rings. The van der Waals surface area contributed by atoms with Crippen molar-refractivity contribution in [3.63, 3.8) is 0 Å². The van der Waals surface area contributed by atoms with E-state index in [-0.39, 0.29) is 36.2 Å². The van der Waals surface area contributed by atoms with Crippen molar-refractivity contribution in [3.05, 3.63) is 29.3 Å². The second kappa shape index (κ2) is 11.1. The summed E-state index contributed by atoms with van der Waals surface area (Å²) >= 11 is 0. The minimum Gasteiger partial charge on any atom is -0.547 e. The zero-order chi connectivity index (χ0) is 21.0. The zero-order valence-electron chi connectivity index (χ0n) is 16.7. The van der Waals surface area contributed by atoms with Crippen LogP contribution in [0.3, 0.4) is 0 Å². The van der Waals surface area contributed by atoms with Gasteiger partial charge in [0.1, 0.15) is 36.8 Å². The van der Waals surface area contributed by atoms with E-state index < -0.39 is 48.8 Å². The maximum absolute atomic E-state index is 12.0. The number of amides is 1. The van der Waals surface area contributed by atoms with E-state index in [4.69, 9.17) is 14.2 Å². The Balaban J connectivity index is 0.00000420. The van der Waals surface area contributed by atoms with Crippen LogP contribution in [0.1, 0.15) is 18.1 Å². The molecule has 0 bridgehead atoms. The third-order valence-corrected chi connectivity index (χ3v) is 4.28. The molecule has 1 aromatic carbocycles. The van der Waals surface area contributed by atoms with Crippen LogP contribution in [-0.4, -0.2) is 70.7 Å². The number of aliphatic carboxylic acids is 1. The fraction of sp³-hybridized carbons (Fsp3) is 0.556. The summed E-state index contributed by atoms with van der Waals surface area (Å²) in [4.78, 5) is 22.9. The molecule has 10 nitrogen and oxygen atoms in total. The predicted molar refractivity (Wildman–Crippen MR) is 92.2 cm³/mol. The standard InChI is InChI=1S/C18H25NO9.Na/c1-8-5-4-6-9(2)14(8)26-7-10(3)19-18(25)28-17-13(22)11(20)12(21)15(27-17)16(23)24;/h4-6,10-13,15,17,20-22H,7H2,1-3H3,(H,19,25)(H,23,24);/q;+1/p-1/t10?,11-,12-,13+,15-,17-;/m0./s1. The van der Waals surface area contributed by atoms with Gasteiger partial charge in [-0.3, -0.25) is 0 Å². The first-order valence-electron chi connectivity index (χ1n) is 8.68. The van der Waals surface area contributed by atoms with Gasteiger partial charge >= 0.3 is 35.7 Å². The molecule has 29 heavy (non-hydrogen) atoms. The second-order valence-corrected chi connectivity index (χ2v) is 6.70. The number of hydrogen-bond acceptors (Lipinski definition) is 9. The number of ether oxygens (including phenoxy) is 3. The molecule has 0 aromatic heterocycles. The van der Waals surface area contributed by atoms with Crippen LogP contribution < -0.4 is 44.7 Å². The molecule has 1 saturated heterocycles. The Kier molecular flexibility index (Phi) is 9.83. The molecule has 0 radical (unpaired) electrons. The molecule has 0 saturated carbocycles. The fourth-order valence-corrected chi connectivity index (χ4v) is 2.76. The monoisotopic (exact) mass is 421 g/mol. The van der Waals surface area contributed by atoms with Gasteiger partial charge in [-0.2, -0.15) is 0 Å². The van der Waals surface area contributed by atoms with Crippen molar-refractivity contribution in [1.82, 2.24) is 5.32 Å². The number of aliphatic hydroxyl groups excluding tert-OH is 3. The molecule has 1 amide bonds. The van der Waals surface area contributed by atoms with Gasteiger partial charge in [-0.15, -0.1) is 0 Å². The summed E-state index contributed by atoms with van der Waals surface area (Å²) in [7, 11) is 0. The molecular weight excluding hydrogens is 397 g/mol. The summed E-state index contributed by atoms with van der Waals surface area (Å²) < 4.78 is 15.4. The van der Waals surface area contributed by atoms with Crippen LogP contribution in [0.15, 0.2) is 18.2 Å². The van der Waals surface area contributed by atoms with E-state index in [1.807, 2.05) is 32.0 Å². The molecule has 1 aliphatic rings. The first-order valence-corrected chi connectivity index (χ1v) is 8.68. The van der Waals surface area contributed by atoms with E-state index in [9.17, 15) is 30.0 Å². The van der Waals surface area contributed by atoms with Crippen LogP contribution in [-0.2, 0) is 14.3 Å². The van der Waals surface area contributed by atoms with Crippen molar-refractivity contribution in [1.29, 1.82) is 0 Å². The Labute approximate surface area is 190 Å². The molecule has 0 aliphatic carbocycles. The van der Waals surface area contributed by atoms with E-state index in [2.05, 4.69) is 5.32 Å². The minimum absolute atomic E-state index is 0. The molecule has 1 heterocycles. The molecule has 0 spiro atoms. The molecular formula is C18H24NNaO9.